The number of imide groups is 1. The van der Waals surface area contributed by atoms with Crippen molar-refractivity contribution >= 4 is 67.8 Å². The van der Waals surface area contributed by atoms with Crippen LogP contribution in [0.5, 0.6) is 28.7 Å². The minimum atomic E-state index is -1.38. The molecule has 18 nitrogen and oxygen atoms in total. The molecule has 2 aliphatic heterocycles. The molecular weight excluding hydrogens is 928 g/mol. The zero-order valence-electron chi connectivity index (χ0n) is 38.9. The number of methoxy groups -OCH3 is 4. The number of halogens is 1. The van der Waals surface area contributed by atoms with Crippen LogP contribution < -0.4 is 40.8 Å². The molecule has 20 heteroatoms. The number of aryl methyl sites for hydroxylation is 4. The molecule has 4 aromatic heterocycles. The van der Waals surface area contributed by atoms with Crippen molar-refractivity contribution < 1.29 is 33.6 Å². The molecule has 0 bridgehead atoms. The predicted octanol–water partition coefficient (Wildman–Crippen LogP) is 6.03. The first-order chi connectivity index (χ1) is 33.0. The quantitative estimate of drug-likeness (QED) is 0.117. The van der Waals surface area contributed by atoms with Gasteiger partial charge >= 0.3 is 11.4 Å². The average molecular weight is 975 g/mol. The molecule has 3 aromatic carbocycles. The lowest BCUT2D eigenvalue weighted by Crippen LogP contribution is -2.49. The number of phenolic OH excluding ortho intramolecular Hbond substituents is 1. The van der Waals surface area contributed by atoms with Gasteiger partial charge in [-0.2, -0.15) is 5.10 Å². The molecule has 2 amide bonds. The third kappa shape index (κ3) is 6.83. The van der Waals surface area contributed by atoms with Crippen molar-refractivity contribution in [2.45, 2.75) is 45.8 Å². The van der Waals surface area contributed by atoms with Crippen LogP contribution in [-0.2, 0) is 43.2 Å². The lowest BCUT2D eigenvalue weighted by Gasteiger charge is -2.45. The van der Waals surface area contributed by atoms with E-state index >= 15 is 9.59 Å². The number of hydrogen-bond donors (Lipinski definition) is 1. The van der Waals surface area contributed by atoms with Gasteiger partial charge in [0.1, 0.15) is 17.2 Å². The SMILES string of the molecule is COc1cc2nc(CCn3c(=O)n4n(c3=O)C3CC5C(=O)N(c6cc(-c7sc8ccc(Cl)cc8c7C)nn6C)C(=O)C5(C)C(C=Cc5cc(OC)c(O)c(OC)c5)C3=CC4)c(=O)n(C)c2cc1OC. The number of thiophene rings is 1. The van der Waals surface area contributed by atoms with E-state index in [0.717, 1.165) is 25.1 Å². The molecule has 3 aliphatic rings. The molecule has 1 saturated carbocycles. The lowest BCUT2D eigenvalue weighted by molar-refractivity contribution is -0.129. The van der Waals surface area contributed by atoms with Crippen molar-refractivity contribution in [2.24, 2.45) is 31.3 Å². The minimum absolute atomic E-state index is 0.00681. The van der Waals surface area contributed by atoms with Gasteiger partial charge in [0.15, 0.2) is 23.0 Å². The summed E-state index contributed by atoms with van der Waals surface area (Å²) in [6.07, 6.45) is 5.42. The molecule has 1 aliphatic carbocycles. The summed E-state index contributed by atoms with van der Waals surface area (Å²) < 4.78 is 29.5. The lowest BCUT2D eigenvalue weighted by atomic mass is 9.58. The van der Waals surface area contributed by atoms with Gasteiger partial charge in [-0.3, -0.25) is 19.1 Å². The highest BCUT2D eigenvalue weighted by molar-refractivity contribution is 7.22. The van der Waals surface area contributed by atoms with Crippen LogP contribution in [-0.4, -0.2) is 78.6 Å². The fourth-order valence-corrected chi connectivity index (χ4v) is 11.8. The topological polar surface area (TPSA) is 196 Å². The third-order valence-electron chi connectivity index (χ3n) is 14.1. The number of carbonyl (C=O) groups is 2. The van der Waals surface area contributed by atoms with Crippen molar-refractivity contribution in [1.82, 2.24) is 33.3 Å². The van der Waals surface area contributed by atoms with Gasteiger partial charge in [-0.1, -0.05) is 29.8 Å². The Labute approximate surface area is 402 Å². The third-order valence-corrected chi connectivity index (χ3v) is 15.6. The van der Waals surface area contributed by atoms with Crippen LogP contribution >= 0.6 is 22.9 Å². The Morgan fingerprint density at radius 1 is 0.913 bits per heavy atom. The number of hydrogen-bond acceptors (Lipinski definition) is 13. The minimum Gasteiger partial charge on any atom is -0.502 e. The number of aromatic hydroxyl groups is 1. The summed E-state index contributed by atoms with van der Waals surface area (Å²) in [6, 6.07) is 13.2. The number of allylic oxidation sites excluding steroid dienone is 3. The number of anilines is 1. The molecule has 4 atom stereocenters. The van der Waals surface area contributed by atoms with Crippen LogP contribution in [0.3, 0.4) is 0 Å². The molecule has 1 saturated heterocycles. The van der Waals surface area contributed by atoms with Crippen molar-refractivity contribution in [1.29, 1.82) is 0 Å². The van der Waals surface area contributed by atoms with Crippen LogP contribution in [0.15, 0.2) is 80.6 Å². The number of carbonyl (C=O) groups excluding carboxylic acids is 2. The van der Waals surface area contributed by atoms with Gasteiger partial charge in [0.2, 0.25) is 17.6 Å². The van der Waals surface area contributed by atoms with E-state index in [-0.39, 0.29) is 54.7 Å². The molecule has 7 aromatic rings. The van der Waals surface area contributed by atoms with E-state index in [0.29, 0.717) is 44.4 Å². The first-order valence-corrected chi connectivity index (χ1v) is 23.2. The molecule has 356 valence electrons. The molecule has 0 spiro atoms. The molecular formula is C49H47ClN8O10S. The van der Waals surface area contributed by atoms with Gasteiger partial charge in [0, 0.05) is 60.9 Å². The van der Waals surface area contributed by atoms with E-state index in [9.17, 15) is 19.5 Å². The Morgan fingerprint density at radius 3 is 2.30 bits per heavy atom. The summed E-state index contributed by atoms with van der Waals surface area (Å²) in [5, 5.41) is 17.1. The maximum Gasteiger partial charge on any atom is 0.347 e. The highest BCUT2D eigenvalue weighted by Crippen LogP contribution is 2.58. The van der Waals surface area contributed by atoms with E-state index in [1.807, 2.05) is 37.3 Å². The maximum absolute atomic E-state index is 15.3. The molecule has 4 unspecified atom stereocenters. The first-order valence-electron chi connectivity index (χ1n) is 22.0. The van der Waals surface area contributed by atoms with E-state index in [2.05, 4.69) is 4.98 Å². The molecule has 6 heterocycles. The van der Waals surface area contributed by atoms with Crippen molar-refractivity contribution in [3.63, 3.8) is 0 Å². The molecule has 0 radical (unpaired) electrons. The van der Waals surface area contributed by atoms with E-state index in [1.165, 1.54) is 63.3 Å². The van der Waals surface area contributed by atoms with Gasteiger partial charge in [0.05, 0.1) is 68.3 Å². The number of rotatable bonds is 11. The highest BCUT2D eigenvalue weighted by atomic mass is 35.5. The van der Waals surface area contributed by atoms with Gasteiger partial charge in [-0.25, -0.2) is 33.4 Å². The number of amides is 2. The number of ether oxygens (including phenoxy) is 4. The zero-order chi connectivity index (χ0) is 49.0. The summed E-state index contributed by atoms with van der Waals surface area (Å²) in [7, 11) is 9.12. The Morgan fingerprint density at radius 2 is 1.61 bits per heavy atom. The fourth-order valence-electron chi connectivity index (χ4n) is 10.5. The number of benzene rings is 3. The highest BCUT2D eigenvalue weighted by Gasteiger charge is 2.65. The monoisotopic (exact) mass is 974 g/mol. The van der Waals surface area contributed by atoms with Crippen LogP contribution in [0.25, 0.3) is 37.8 Å². The second-order valence-electron chi connectivity index (χ2n) is 17.6. The van der Waals surface area contributed by atoms with E-state index < -0.39 is 52.0 Å². The maximum atomic E-state index is 15.3. The Balaban J connectivity index is 1.05. The number of aromatic nitrogens is 7. The molecule has 10 rings (SSSR count). The number of nitrogens with zero attached hydrogens (tertiary/aromatic N) is 8. The number of phenols is 1. The Kier molecular flexibility index (Phi) is 11.0. The second kappa shape index (κ2) is 16.7. The fraction of sp³-hybridized carbons (Fsp3) is 0.327. The predicted molar refractivity (Wildman–Crippen MR) is 260 cm³/mol. The van der Waals surface area contributed by atoms with Crippen LogP contribution in [0.1, 0.15) is 36.2 Å². The van der Waals surface area contributed by atoms with E-state index in [1.54, 1.807) is 57.4 Å². The van der Waals surface area contributed by atoms with Gasteiger partial charge in [-0.15, -0.1) is 11.3 Å². The van der Waals surface area contributed by atoms with Gasteiger partial charge in [-0.05, 0) is 72.7 Å². The Hall–Kier alpha value is -7.38. The zero-order valence-corrected chi connectivity index (χ0v) is 40.5. The van der Waals surface area contributed by atoms with Gasteiger partial charge in [0.25, 0.3) is 5.56 Å². The average Bonchev–Trinajstić information content (AvgIpc) is 4.01. The summed E-state index contributed by atoms with van der Waals surface area (Å²) in [5.74, 6) is -1.40. The van der Waals surface area contributed by atoms with Crippen LogP contribution in [0.4, 0.5) is 5.82 Å². The second-order valence-corrected chi connectivity index (χ2v) is 19.1. The van der Waals surface area contributed by atoms with E-state index in [4.69, 9.17) is 35.6 Å². The molecule has 69 heavy (non-hydrogen) atoms. The molecule has 2 fully saturated rings. The number of fused-ring (bicyclic) bond motifs is 6. The Bertz CT molecular complexity index is 3570. The van der Waals surface area contributed by atoms with Crippen LogP contribution in [0, 0.1) is 24.2 Å². The summed E-state index contributed by atoms with van der Waals surface area (Å²) >= 11 is 7.89. The van der Waals surface area contributed by atoms with Gasteiger partial charge < -0.3 is 28.6 Å². The normalized spacial score (nSPS) is 19.9. The van der Waals surface area contributed by atoms with Crippen molar-refractivity contribution in [3.05, 3.63) is 119 Å². The molecule has 1 N–H and O–H groups in total. The van der Waals surface area contributed by atoms with Crippen molar-refractivity contribution in [2.75, 3.05) is 33.3 Å². The summed E-state index contributed by atoms with van der Waals surface area (Å²) in [5.41, 5.74) is 0.875. The standard InChI is InChI=1S/C49H47ClN8O10S/c1-24-28-19-26(50)10-12-40(28)69-43(24)33-22-41(54(4)52-33)57-44(60)30-20-34-27(29(49(30,2)46(57)62)11-9-25-17-38(67-7)42(59)39(18-25)68-8)13-16-56-47(63)55(48(64)58(34)56)15-14-31-45(61)53(3)35-23-37(66-6)36(65-5)21-32(35)51-31/h9-13,17-19,21-23,29-30,34,59H,14-16,20H2,1-8H3. The van der Waals surface area contributed by atoms with Crippen LogP contribution in [0.2, 0.25) is 5.02 Å². The summed E-state index contributed by atoms with van der Waals surface area (Å²) in [4.78, 5) is 79.6. The summed E-state index contributed by atoms with van der Waals surface area (Å²) in [6.45, 7) is 3.59. The largest absolute Gasteiger partial charge is 0.502 e. The first kappa shape index (κ1) is 45.4. The van der Waals surface area contributed by atoms with Crippen molar-refractivity contribution in [3.8, 4) is 39.3 Å². The smallest absolute Gasteiger partial charge is 0.347 e.